The number of carbonyl (C=O) groups is 1. The van der Waals surface area contributed by atoms with Crippen molar-refractivity contribution in [3.05, 3.63) is 17.5 Å². The third-order valence-corrected chi connectivity index (χ3v) is 3.69. The summed E-state index contributed by atoms with van der Waals surface area (Å²) in [5, 5.41) is 3.77. The Kier molecular flexibility index (Phi) is 4.47. The van der Waals surface area contributed by atoms with Gasteiger partial charge in [-0.25, -0.2) is 8.42 Å². The van der Waals surface area contributed by atoms with Crippen LogP contribution in [-0.4, -0.2) is 55.6 Å². The Bertz CT molecular complexity index is 523. The second-order valence-electron chi connectivity index (χ2n) is 4.20. The number of hydrogen-bond acceptors (Lipinski definition) is 5. The number of amides is 1. The van der Waals surface area contributed by atoms with Crippen LogP contribution < -0.4 is 0 Å². The normalized spacial score (nSPS) is 11.8. The quantitative estimate of drug-likeness (QED) is 0.745. The summed E-state index contributed by atoms with van der Waals surface area (Å²) >= 11 is 0. The number of nitrogens with zero attached hydrogens (tertiary/aromatic N) is 3. The molecule has 0 spiro atoms. The molecule has 8 heteroatoms. The van der Waals surface area contributed by atoms with Crippen LogP contribution in [0.25, 0.3) is 0 Å². The number of aryl methyl sites for hydroxylation is 1. The molecule has 0 radical (unpaired) electrons. The maximum Gasteiger partial charge on any atom is 0.237 e. The van der Waals surface area contributed by atoms with Crippen LogP contribution in [0.2, 0.25) is 0 Å². The van der Waals surface area contributed by atoms with E-state index in [0.29, 0.717) is 11.5 Å². The highest BCUT2D eigenvalue weighted by molar-refractivity contribution is 7.88. The van der Waals surface area contributed by atoms with Gasteiger partial charge in [-0.2, -0.15) is 4.31 Å². The van der Waals surface area contributed by atoms with Crippen molar-refractivity contribution in [2.75, 3.05) is 26.9 Å². The van der Waals surface area contributed by atoms with Gasteiger partial charge in [-0.3, -0.25) is 4.79 Å². The zero-order chi connectivity index (χ0) is 13.9. The summed E-state index contributed by atoms with van der Waals surface area (Å²) in [6, 6.07) is 1.73. The fourth-order valence-corrected chi connectivity index (χ4v) is 1.60. The molecule has 0 saturated carbocycles. The lowest BCUT2D eigenvalue weighted by Crippen LogP contribution is -2.38. The highest BCUT2D eigenvalue weighted by Gasteiger charge is 2.18. The van der Waals surface area contributed by atoms with Gasteiger partial charge in [-0.15, -0.1) is 0 Å². The lowest BCUT2D eigenvalue weighted by atomic mass is 10.3. The average molecular weight is 275 g/mol. The maximum atomic E-state index is 11.8. The van der Waals surface area contributed by atoms with Crippen molar-refractivity contribution in [1.29, 1.82) is 0 Å². The van der Waals surface area contributed by atoms with E-state index >= 15 is 0 Å². The Hall–Kier alpha value is -1.41. The zero-order valence-electron chi connectivity index (χ0n) is 10.9. The fourth-order valence-electron chi connectivity index (χ4n) is 1.25. The van der Waals surface area contributed by atoms with Crippen LogP contribution in [0.5, 0.6) is 0 Å². The minimum atomic E-state index is -3.35. The van der Waals surface area contributed by atoms with Crippen LogP contribution in [-0.2, 0) is 21.4 Å². The molecular weight excluding hydrogens is 258 g/mol. The molecule has 1 rings (SSSR count). The Morgan fingerprint density at radius 1 is 1.44 bits per heavy atom. The molecule has 0 bridgehead atoms. The molecule has 18 heavy (non-hydrogen) atoms. The molecule has 1 amide bonds. The Morgan fingerprint density at radius 3 is 2.50 bits per heavy atom. The van der Waals surface area contributed by atoms with Crippen molar-refractivity contribution in [3.8, 4) is 0 Å². The maximum absolute atomic E-state index is 11.8. The molecule has 0 fully saturated rings. The second-order valence-corrected chi connectivity index (χ2v) is 6.29. The van der Waals surface area contributed by atoms with Crippen LogP contribution in [0.4, 0.5) is 0 Å². The molecule has 0 atom stereocenters. The molecular formula is C10H17N3O4S. The van der Waals surface area contributed by atoms with E-state index in [1.807, 2.05) is 0 Å². The summed E-state index contributed by atoms with van der Waals surface area (Å²) in [6.07, 6.45) is 1.06. The van der Waals surface area contributed by atoms with Gasteiger partial charge < -0.3 is 9.42 Å². The van der Waals surface area contributed by atoms with Gasteiger partial charge in [0.2, 0.25) is 15.9 Å². The average Bonchev–Trinajstić information content (AvgIpc) is 2.62. The monoisotopic (exact) mass is 275 g/mol. The molecule has 1 aromatic rings. The summed E-state index contributed by atoms with van der Waals surface area (Å²) in [4.78, 5) is 13.2. The Morgan fingerprint density at radius 2 is 2.06 bits per heavy atom. The van der Waals surface area contributed by atoms with Crippen molar-refractivity contribution in [2.24, 2.45) is 0 Å². The molecule has 0 aliphatic rings. The standard InChI is InChI=1S/C10H17N3O4S/c1-8-5-9(11-17-8)6-12(2)10(14)7-13(3)18(4,15)16/h5H,6-7H2,1-4H3. The van der Waals surface area contributed by atoms with E-state index in [1.165, 1.54) is 11.9 Å². The minimum absolute atomic E-state index is 0.188. The van der Waals surface area contributed by atoms with Crippen LogP contribution in [0.15, 0.2) is 10.6 Å². The van der Waals surface area contributed by atoms with E-state index < -0.39 is 10.0 Å². The first kappa shape index (κ1) is 14.7. The molecule has 1 aromatic heterocycles. The van der Waals surface area contributed by atoms with Crippen molar-refractivity contribution in [2.45, 2.75) is 13.5 Å². The summed E-state index contributed by atoms with van der Waals surface area (Å²) < 4.78 is 28.2. The molecule has 0 saturated heterocycles. The zero-order valence-corrected chi connectivity index (χ0v) is 11.7. The number of aromatic nitrogens is 1. The molecule has 0 aromatic carbocycles. The molecule has 0 N–H and O–H groups in total. The minimum Gasteiger partial charge on any atom is -0.361 e. The van der Waals surface area contributed by atoms with E-state index in [1.54, 1.807) is 20.0 Å². The number of carbonyl (C=O) groups excluding carboxylic acids is 1. The lowest BCUT2D eigenvalue weighted by molar-refractivity contribution is -0.130. The second kappa shape index (κ2) is 5.49. The first-order valence-electron chi connectivity index (χ1n) is 5.27. The third-order valence-electron chi connectivity index (χ3n) is 2.43. The fraction of sp³-hybridized carbons (Fsp3) is 0.600. The van der Waals surface area contributed by atoms with Crippen molar-refractivity contribution < 1.29 is 17.7 Å². The first-order chi connectivity index (χ1) is 8.20. The summed E-state index contributed by atoms with van der Waals surface area (Å²) in [5.41, 5.74) is 0.630. The third kappa shape index (κ3) is 4.11. The van der Waals surface area contributed by atoms with Gasteiger partial charge in [-0.05, 0) is 6.92 Å². The predicted octanol–water partition coefficient (Wildman–Crippen LogP) is -0.167. The molecule has 7 nitrogen and oxygen atoms in total. The van der Waals surface area contributed by atoms with E-state index in [4.69, 9.17) is 4.52 Å². The van der Waals surface area contributed by atoms with Crippen LogP contribution >= 0.6 is 0 Å². The van der Waals surface area contributed by atoms with E-state index in [9.17, 15) is 13.2 Å². The lowest BCUT2D eigenvalue weighted by Gasteiger charge is -2.19. The van der Waals surface area contributed by atoms with Gasteiger partial charge in [0, 0.05) is 20.2 Å². The summed E-state index contributed by atoms with van der Waals surface area (Å²) in [6.45, 7) is 1.86. The molecule has 0 unspecified atom stereocenters. The van der Waals surface area contributed by atoms with Crippen molar-refractivity contribution in [3.63, 3.8) is 0 Å². The van der Waals surface area contributed by atoms with Gasteiger partial charge in [0.05, 0.1) is 19.3 Å². The van der Waals surface area contributed by atoms with Gasteiger partial charge in [0.1, 0.15) is 11.5 Å². The summed E-state index contributed by atoms with van der Waals surface area (Å²) in [7, 11) is -0.400. The first-order valence-corrected chi connectivity index (χ1v) is 7.12. The summed E-state index contributed by atoms with van der Waals surface area (Å²) in [5.74, 6) is 0.364. The van der Waals surface area contributed by atoms with E-state index in [0.717, 1.165) is 10.6 Å². The molecule has 0 aliphatic heterocycles. The Balaban J connectivity index is 2.57. The predicted molar refractivity (Wildman–Crippen MR) is 65.2 cm³/mol. The topological polar surface area (TPSA) is 83.7 Å². The van der Waals surface area contributed by atoms with Crippen molar-refractivity contribution in [1.82, 2.24) is 14.4 Å². The van der Waals surface area contributed by atoms with E-state index in [-0.39, 0.29) is 19.0 Å². The van der Waals surface area contributed by atoms with Gasteiger partial charge in [-0.1, -0.05) is 5.16 Å². The Labute approximate surface area is 106 Å². The van der Waals surface area contributed by atoms with E-state index in [2.05, 4.69) is 5.16 Å². The van der Waals surface area contributed by atoms with Crippen LogP contribution in [0.3, 0.4) is 0 Å². The highest BCUT2D eigenvalue weighted by Crippen LogP contribution is 2.05. The van der Waals surface area contributed by atoms with Gasteiger partial charge >= 0.3 is 0 Å². The van der Waals surface area contributed by atoms with Crippen molar-refractivity contribution >= 4 is 15.9 Å². The number of likely N-dealkylation sites (N-methyl/N-ethyl adjacent to an activating group) is 2. The van der Waals surface area contributed by atoms with Gasteiger partial charge in [0.25, 0.3) is 0 Å². The smallest absolute Gasteiger partial charge is 0.237 e. The largest absolute Gasteiger partial charge is 0.361 e. The molecule has 102 valence electrons. The molecule has 0 aliphatic carbocycles. The number of rotatable bonds is 5. The number of hydrogen-bond donors (Lipinski definition) is 0. The van der Waals surface area contributed by atoms with Crippen LogP contribution in [0, 0.1) is 6.92 Å². The molecule has 1 heterocycles. The SMILES string of the molecule is Cc1cc(CN(C)C(=O)CN(C)S(C)(=O)=O)no1. The van der Waals surface area contributed by atoms with Crippen LogP contribution in [0.1, 0.15) is 11.5 Å². The van der Waals surface area contributed by atoms with Gasteiger partial charge in [0.15, 0.2) is 0 Å². The number of sulfonamides is 1. The highest BCUT2D eigenvalue weighted by atomic mass is 32.2.